The van der Waals surface area contributed by atoms with Crippen molar-refractivity contribution in [1.29, 1.82) is 0 Å². The number of hydrogen-bond acceptors (Lipinski definition) is 3. The molecule has 0 saturated carbocycles. The van der Waals surface area contributed by atoms with Gasteiger partial charge in [-0.05, 0) is 25.8 Å². The molecule has 13 heavy (non-hydrogen) atoms. The Morgan fingerprint density at radius 3 is 2.23 bits per heavy atom. The van der Waals surface area contributed by atoms with Crippen LogP contribution < -0.4 is 5.73 Å². The normalized spacial score (nSPS) is 13.1. The van der Waals surface area contributed by atoms with Crippen molar-refractivity contribution in [1.82, 2.24) is 0 Å². The number of aliphatic hydroxyl groups excluding tert-OH is 1. The Balaban J connectivity index is 3.08. The van der Waals surface area contributed by atoms with Crippen LogP contribution in [0.4, 0.5) is 0 Å². The highest BCUT2D eigenvalue weighted by Crippen LogP contribution is 2.01. The third-order valence-corrected chi connectivity index (χ3v) is 3.34. The van der Waals surface area contributed by atoms with E-state index in [1.807, 2.05) is 0 Å². The maximum atomic E-state index is 11.2. The topological polar surface area (TPSA) is 63.3 Å². The molecule has 80 valence electrons. The standard InChI is InChI=1S/C9H21NO2S/c10-6-5-9-13(12)8-4-2-1-3-7-11/h11H,1-10H2. The van der Waals surface area contributed by atoms with Gasteiger partial charge in [0.1, 0.15) is 0 Å². The molecule has 0 aliphatic carbocycles. The molecular formula is C9H21NO2S. The zero-order chi connectivity index (χ0) is 9.94. The van der Waals surface area contributed by atoms with Gasteiger partial charge in [-0.25, -0.2) is 0 Å². The third-order valence-electron chi connectivity index (χ3n) is 1.86. The summed E-state index contributed by atoms with van der Waals surface area (Å²) in [5.41, 5.74) is 5.31. The summed E-state index contributed by atoms with van der Waals surface area (Å²) in [5.74, 6) is 1.54. The maximum Gasteiger partial charge on any atom is 0.0431 e. The molecule has 0 aromatic rings. The van der Waals surface area contributed by atoms with Gasteiger partial charge in [0.25, 0.3) is 0 Å². The molecule has 0 amide bonds. The largest absolute Gasteiger partial charge is 0.396 e. The quantitative estimate of drug-likeness (QED) is 0.545. The molecule has 0 spiro atoms. The van der Waals surface area contributed by atoms with E-state index in [2.05, 4.69) is 0 Å². The summed E-state index contributed by atoms with van der Waals surface area (Å²) >= 11 is 0. The lowest BCUT2D eigenvalue weighted by atomic mass is 10.2. The van der Waals surface area contributed by atoms with Crippen molar-refractivity contribution in [3.8, 4) is 0 Å². The summed E-state index contributed by atoms with van der Waals surface area (Å²) in [4.78, 5) is 0. The smallest absolute Gasteiger partial charge is 0.0431 e. The van der Waals surface area contributed by atoms with Crippen molar-refractivity contribution in [2.75, 3.05) is 24.7 Å². The number of rotatable bonds is 9. The van der Waals surface area contributed by atoms with Gasteiger partial charge in [-0.3, -0.25) is 4.21 Å². The van der Waals surface area contributed by atoms with Crippen LogP contribution in [-0.4, -0.2) is 34.0 Å². The minimum Gasteiger partial charge on any atom is -0.396 e. The predicted molar refractivity (Wildman–Crippen MR) is 57.1 cm³/mol. The molecule has 0 bridgehead atoms. The van der Waals surface area contributed by atoms with Gasteiger partial charge in [0.2, 0.25) is 0 Å². The lowest BCUT2D eigenvalue weighted by molar-refractivity contribution is 0.283. The zero-order valence-corrected chi connectivity index (χ0v) is 9.02. The second-order valence-corrected chi connectivity index (χ2v) is 4.82. The Labute approximate surface area is 83.2 Å². The van der Waals surface area contributed by atoms with Crippen LogP contribution in [0, 0.1) is 0 Å². The molecule has 0 fully saturated rings. The van der Waals surface area contributed by atoms with Gasteiger partial charge in [0.05, 0.1) is 0 Å². The predicted octanol–water partition coefficient (Wildman–Crippen LogP) is 0.637. The van der Waals surface area contributed by atoms with E-state index in [1.165, 1.54) is 0 Å². The third kappa shape index (κ3) is 9.99. The summed E-state index contributed by atoms with van der Waals surface area (Å²) < 4.78 is 11.2. The van der Waals surface area contributed by atoms with E-state index in [9.17, 15) is 4.21 Å². The van der Waals surface area contributed by atoms with E-state index in [0.717, 1.165) is 43.6 Å². The van der Waals surface area contributed by atoms with Gasteiger partial charge < -0.3 is 10.8 Å². The van der Waals surface area contributed by atoms with E-state index in [4.69, 9.17) is 10.8 Å². The lowest BCUT2D eigenvalue weighted by Crippen LogP contribution is -2.08. The fourth-order valence-electron chi connectivity index (χ4n) is 1.07. The monoisotopic (exact) mass is 207 g/mol. The van der Waals surface area contributed by atoms with Crippen LogP contribution in [0.25, 0.3) is 0 Å². The van der Waals surface area contributed by atoms with Crippen LogP contribution in [0.15, 0.2) is 0 Å². The molecule has 1 unspecified atom stereocenters. The van der Waals surface area contributed by atoms with E-state index >= 15 is 0 Å². The van der Waals surface area contributed by atoms with E-state index < -0.39 is 10.8 Å². The van der Waals surface area contributed by atoms with E-state index in [0.29, 0.717) is 6.54 Å². The summed E-state index contributed by atoms with van der Waals surface area (Å²) in [5, 5.41) is 8.52. The molecule has 3 nitrogen and oxygen atoms in total. The van der Waals surface area contributed by atoms with Crippen molar-refractivity contribution >= 4 is 10.8 Å². The first-order valence-electron chi connectivity index (χ1n) is 4.97. The van der Waals surface area contributed by atoms with E-state index in [-0.39, 0.29) is 6.61 Å². The Hall–Kier alpha value is 0.0700. The van der Waals surface area contributed by atoms with Gasteiger partial charge in [-0.1, -0.05) is 12.8 Å². The highest BCUT2D eigenvalue weighted by Gasteiger charge is 1.98. The molecule has 3 N–H and O–H groups in total. The van der Waals surface area contributed by atoms with E-state index in [1.54, 1.807) is 0 Å². The summed E-state index contributed by atoms with van der Waals surface area (Å²) in [6.45, 7) is 0.909. The van der Waals surface area contributed by atoms with Gasteiger partial charge in [-0.2, -0.15) is 0 Å². The maximum absolute atomic E-state index is 11.2. The molecule has 0 saturated heterocycles. The fourth-order valence-corrected chi connectivity index (χ4v) is 2.29. The van der Waals surface area contributed by atoms with Crippen molar-refractivity contribution < 1.29 is 9.32 Å². The molecule has 1 atom stereocenters. The van der Waals surface area contributed by atoms with Crippen molar-refractivity contribution in [3.05, 3.63) is 0 Å². The van der Waals surface area contributed by atoms with Gasteiger partial charge in [0.15, 0.2) is 0 Å². The molecule has 0 aliphatic heterocycles. The Morgan fingerprint density at radius 1 is 1.00 bits per heavy atom. The SMILES string of the molecule is NCCCS(=O)CCCCCCO. The molecule has 0 aromatic heterocycles. The summed E-state index contributed by atoms with van der Waals surface area (Å²) in [6, 6.07) is 0. The second-order valence-electron chi connectivity index (χ2n) is 3.13. The highest BCUT2D eigenvalue weighted by molar-refractivity contribution is 7.84. The summed E-state index contributed by atoms with van der Waals surface area (Å²) in [6.07, 6.45) is 4.87. The van der Waals surface area contributed by atoms with Crippen LogP contribution in [0.5, 0.6) is 0 Å². The van der Waals surface area contributed by atoms with Crippen LogP contribution in [0.1, 0.15) is 32.1 Å². The average molecular weight is 207 g/mol. The lowest BCUT2D eigenvalue weighted by Gasteiger charge is -2.00. The first-order valence-corrected chi connectivity index (χ1v) is 6.46. The van der Waals surface area contributed by atoms with Gasteiger partial charge in [0, 0.05) is 28.9 Å². The van der Waals surface area contributed by atoms with Crippen LogP contribution in [-0.2, 0) is 10.8 Å². The molecule has 0 radical (unpaired) electrons. The van der Waals surface area contributed by atoms with Gasteiger partial charge >= 0.3 is 0 Å². The number of unbranched alkanes of at least 4 members (excludes halogenated alkanes) is 3. The molecule has 4 heteroatoms. The molecule has 0 heterocycles. The van der Waals surface area contributed by atoms with Crippen LogP contribution in [0.2, 0.25) is 0 Å². The highest BCUT2D eigenvalue weighted by atomic mass is 32.2. The minimum atomic E-state index is -0.668. The van der Waals surface area contributed by atoms with Crippen molar-refractivity contribution in [2.24, 2.45) is 5.73 Å². The Bertz CT molecular complexity index is 131. The van der Waals surface area contributed by atoms with Crippen LogP contribution >= 0.6 is 0 Å². The Morgan fingerprint density at radius 2 is 1.62 bits per heavy atom. The van der Waals surface area contributed by atoms with Gasteiger partial charge in [-0.15, -0.1) is 0 Å². The van der Waals surface area contributed by atoms with Crippen molar-refractivity contribution in [3.63, 3.8) is 0 Å². The number of hydrogen-bond donors (Lipinski definition) is 2. The van der Waals surface area contributed by atoms with Crippen LogP contribution in [0.3, 0.4) is 0 Å². The summed E-state index contributed by atoms with van der Waals surface area (Å²) in [7, 11) is -0.668. The average Bonchev–Trinajstić information content (AvgIpc) is 2.14. The first kappa shape index (κ1) is 13.1. The van der Waals surface area contributed by atoms with Crippen molar-refractivity contribution in [2.45, 2.75) is 32.1 Å². The molecular weight excluding hydrogens is 186 g/mol. The molecule has 0 aromatic carbocycles. The fraction of sp³-hybridized carbons (Fsp3) is 1.00. The number of aliphatic hydroxyl groups is 1. The number of nitrogens with two attached hydrogens (primary N) is 1. The Kier molecular flexibility index (Phi) is 10.2. The molecule has 0 rings (SSSR count). The molecule has 0 aliphatic rings. The first-order chi connectivity index (χ1) is 6.31. The zero-order valence-electron chi connectivity index (χ0n) is 8.21. The minimum absolute atomic E-state index is 0.274. The second kappa shape index (κ2) is 10.2.